The Morgan fingerprint density at radius 1 is 1.28 bits per heavy atom. The van der Waals surface area contributed by atoms with E-state index in [0.29, 0.717) is 12.5 Å². The molecule has 0 fully saturated rings. The molecule has 0 radical (unpaired) electrons. The highest BCUT2D eigenvalue weighted by Crippen LogP contribution is 2.21. The molecular weight excluding hydrogens is 224 g/mol. The summed E-state index contributed by atoms with van der Waals surface area (Å²) in [5.74, 6) is 0.154. The van der Waals surface area contributed by atoms with Crippen LogP contribution in [0.5, 0.6) is 0 Å². The summed E-state index contributed by atoms with van der Waals surface area (Å²) >= 11 is 0. The van der Waals surface area contributed by atoms with Crippen LogP contribution in [-0.2, 0) is 17.6 Å². The second-order valence-electron chi connectivity index (χ2n) is 5.30. The zero-order valence-corrected chi connectivity index (χ0v) is 11.2. The Morgan fingerprint density at radius 2 is 1.89 bits per heavy atom. The highest BCUT2D eigenvalue weighted by molar-refractivity contribution is 5.76. The standard InChI is InChI=1S/C15H22N2O/c1-11(2)16-8-7-15(18)17-14-9-12-5-3-4-6-13(12)10-14/h3-6,11,14,16H,7-10H2,1-2H3,(H,17,18). The van der Waals surface area contributed by atoms with Crippen molar-refractivity contribution < 1.29 is 4.79 Å². The quantitative estimate of drug-likeness (QED) is 0.829. The molecule has 1 aliphatic rings. The summed E-state index contributed by atoms with van der Waals surface area (Å²) < 4.78 is 0. The number of fused-ring (bicyclic) bond motifs is 1. The number of nitrogens with one attached hydrogen (secondary N) is 2. The van der Waals surface area contributed by atoms with Gasteiger partial charge in [-0.1, -0.05) is 38.1 Å². The Bertz CT molecular complexity index is 390. The van der Waals surface area contributed by atoms with Crippen LogP contribution in [0.2, 0.25) is 0 Å². The molecule has 2 N–H and O–H groups in total. The number of amides is 1. The summed E-state index contributed by atoms with van der Waals surface area (Å²) in [7, 11) is 0. The Hall–Kier alpha value is -1.35. The largest absolute Gasteiger partial charge is 0.353 e. The van der Waals surface area contributed by atoms with Crippen molar-refractivity contribution >= 4 is 5.91 Å². The van der Waals surface area contributed by atoms with Gasteiger partial charge in [0.2, 0.25) is 5.91 Å². The minimum Gasteiger partial charge on any atom is -0.353 e. The second kappa shape index (κ2) is 6.01. The van der Waals surface area contributed by atoms with Gasteiger partial charge in [0.25, 0.3) is 0 Å². The maximum absolute atomic E-state index is 11.8. The van der Waals surface area contributed by atoms with Gasteiger partial charge in [0, 0.05) is 25.0 Å². The Balaban J connectivity index is 1.74. The molecule has 1 amide bonds. The first kappa shape index (κ1) is 13.1. The van der Waals surface area contributed by atoms with E-state index in [-0.39, 0.29) is 11.9 Å². The SMILES string of the molecule is CC(C)NCCC(=O)NC1Cc2ccccc2C1. The van der Waals surface area contributed by atoms with Crippen LogP contribution in [0.25, 0.3) is 0 Å². The normalized spacial score (nSPS) is 14.8. The summed E-state index contributed by atoms with van der Waals surface area (Å²) in [6.45, 7) is 4.93. The zero-order chi connectivity index (χ0) is 13.0. The van der Waals surface area contributed by atoms with Gasteiger partial charge >= 0.3 is 0 Å². The molecule has 1 aromatic carbocycles. The van der Waals surface area contributed by atoms with Crippen molar-refractivity contribution in [1.29, 1.82) is 0 Å². The van der Waals surface area contributed by atoms with Crippen LogP contribution in [0, 0.1) is 0 Å². The molecule has 0 aliphatic heterocycles. The number of rotatable bonds is 5. The Kier molecular flexibility index (Phi) is 4.37. The van der Waals surface area contributed by atoms with Crippen molar-refractivity contribution in [2.24, 2.45) is 0 Å². The van der Waals surface area contributed by atoms with Gasteiger partial charge in [-0.3, -0.25) is 4.79 Å². The molecule has 0 atom stereocenters. The molecule has 3 nitrogen and oxygen atoms in total. The van der Waals surface area contributed by atoms with Gasteiger partial charge in [-0.2, -0.15) is 0 Å². The fourth-order valence-electron chi connectivity index (χ4n) is 2.44. The number of carbonyl (C=O) groups excluding carboxylic acids is 1. The summed E-state index contributed by atoms with van der Waals surface area (Å²) in [6, 6.07) is 9.16. The van der Waals surface area contributed by atoms with Crippen LogP contribution in [0.15, 0.2) is 24.3 Å². The third-order valence-electron chi connectivity index (χ3n) is 3.32. The molecule has 0 aromatic heterocycles. The zero-order valence-electron chi connectivity index (χ0n) is 11.2. The summed E-state index contributed by atoms with van der Waals surface area (Å²) in [6.07, 6.45) is 2.50. The molecule has 98 valence electrons. The first-order chi connectivity index (χ1) is 8.65. The molecule has 0 bridgehead atoms. The summed E-state index contributed by atoms with van der Waals surface area (Å²) in [4.78, 5) is 11.8. The van der Waals surface area contributed by atoms with E-state index in [9.17, 15) is 4.79 Å². The predicted octanol–water partition coefficient (Wildman–Crippen LogP) is 1.66. The fourth-order valence-corrected chi connectivity index (χ4v) is 2.44. The van der Waals surface area contributed by atoms with E-state index >= 15 is 0 Å². The minimum atomic E-state index is 0.154. The van der Waals surface area contributed by atoms with E-state index in [4.69, 9.17) is 0 Å². The summed E-state index contributed by atoms with van der Waals surface area (Å²) in [5.41, 5.74) is 2.76. The van der Waals surface area contributed by atoms with Crippen molar-refractivity contribution in [2.45, 2.75) is 45.2 Å². The lowest BCUT2D eigenvalue weighted by Gasteiger charge is -2.13. The monoisotopic (exact) mass is 246 g/mol. The molecule has 3 heteroatoms. The molecule has 0 heterocycles. The van der Waals surface area contributed by atoms with Crippen molar-refractivity contribution in [3.05, 3.63) is 35.4 Å². The minimum absolute atomic E-state index is 0.154. The highest BCUT2D eigenvalue weighted by atomic mass is 16.1. The molecule has 0 spiro atoms. The Labute approximate surface area is 109 Å². The lowest BCUT2D eigenvalue weighted by Crippen LogP contribution is -2.37. The van der Waals surface area contributed by atoms with E-state index in [0.717, 1.165) is 19.4 Å². The van der Waals surface area contributed by atoms with Crippen molar-refractivity contribution in [1.82, 2.24) is 10.6 Å². The highest BCUT2D eigenvalue weighted by Gasteiger charge is 2.21. The van der Waals surface area contributed by atoms with Crippen LogP contribution in [0.3, 0.4) is 0 Å². The maximum Gasteiger partial charge on any atom is 0.221 e. The van der Waals surface area contributed by atoms with Gasteiger partial charge in [0.05, 0.1) is 0 Å². The number of hydrogen-bond donors (Lipinski definition) is 2. The van der Waals surface area contributed by atoms with Crippen LogP contribution < -0.4 is 10.6 Å². The second-order valence-corrected chi connectivity index (χ2v) is 5.30. The van der Waals surface area contributed by atoms with Crippen molar-refractivity contribution in [3.8, 4) is 0 Å². The van der Waals surface area contributed by atoms with Crippen molar-refractivity contribution in [2.75, 3.05) is 6.54 Å². The van der Waals surface area contributed by atoms with E-state index in [1.807, 2.05) is 0 Å². The molecule has 0 unspecified atom stereocenters. The van der Waals surface area contributed by atoms with Crippen LogP contribution in [-0.4, -0.2) is 24.5 Å². The van der Waals surface area contributed by atoms with Gasteiger partial charge in [-0.15, -0.1) is 0 Å². The first-order valence-electron chi connectivity index (χ1n) is 6.74. The van der Waals surface area contributed by atoms with Gasteiger partial charge in [0.15, 0.2) is 0 Å². The molecule has 1 aliphatic carbocycles. The van der Waals surface area contributed by atoms with Gasteiger partial charge in [-0.25, -0.2) is 0 Å². The molecule has 0 saturated carbocycles. The van der Waals surface area contributed by atoms with Crippen LogP contribution in [0.1, 0.15) is 31.4 Å². The van der Waals surface area contributed by atoms with Gasteiger partial charge in [-0.05, 0) is 24.0 Å². The summed E-state index contributed by atoms with van der Waals surface area (Å²) in [5, 5.41) is 6.38. The van der Waals surface area contributed by atoms with Crippen LogP contribution in [0.4, 0.5) is 0 Å². The van der Waals surface area contributed by atoms with Crippen LogP contribution >= 0.6 is 0 Å². The molecule has 2 rings (SSSR count). The van der Waals surface area contributed by atoms with E-state index in [2.05, 4.69) is 48.7 Å². The predicted molar refractivity (Wildman–Crippen MR) is 73.5 cm³/mol. The fraction of sp³-hybridized carbons (Fsp3) is 0.533. The number of carbonyl (C=O) groups is 1. The molecule has 0 saturated heterocycles. The molecule has 1 aromatic rings. The lowest BCUT2D eigenvalue weighted by atomic mass is 10.1. The molecule has 18 heavy (non-hydrogen) atoms. The molecular formula is C15H22N2O. The smallest absolute Gasteiger partial charge is 0.221 e. The first-order valence-corrected chi connectivity index (χ1v) is 6.74. The average molecular weight is 246 g/mol. The average Bonchev–Trinajstić information content (AvgIpc) is 2.70. The van der Waals surface area contributed by atoms with Gasteiger partial charge in [0.1, 0.15) is 0 Å². The maximum atomic E-state index is 11.8. The topological polar surface area (TPSA) is 41.1 Å². The van der Waals surface area contributed by atoms with E-state index in [1.165, 1.54) is 11.1 Å². The third kappa shape index (κ3) is 3.57. The third-order valence-corrected chi connectivity index (χ3v) is 3.32. The van der Waals surface area contributed by atoms with Gasteiger partial charge < -0.3 is 10.6 Å². The Morgan fingerprint density at radius 3 is 2.44 bits per heavy atom. The van der Waals surface area contributed by atoms with E-state index < -0.39 is 0 Å². The number of benzene rings is 1. The van der Waals surface area contributed by atoms with Crippen molar-refractivity contribution in [3.63, 3.8) is 0 Å². The van der Waals surface area contributed by atoms with E-state index in [1.54, 1.807) is 0 Å². The number of hydrogen-bond acceptors (Lipinski definition) is 2. The lowest BCUT2D eigenvalue weighted by molar-refractivity contribution is -0.121.